The van der Waals surface area contributed by atoms with Gasteiger partial charge in [0.15, 0.2) is 0 Å². The molecule has 0 aliphatic carbocycles. The van der Waals surface area contributed by atoms with E-state index < -0.39 is 15.9 Å². The van der Waals surface area contributed by atoms with Crippen molar-refractivity contribution in [1.29, 1.82) is 0 Å². The van der Waals surface area contributed by atoms with Gasteiger partial charge >= 0.3 is 0 Å². The van der Waals surface area contributed by atoms with Crippen LogP contribution in [0.1, 0.15) is 12.5 Å². The molecule has 1 aliphatic rings. The van der Waals surface area contributed by atoms with Gasteiger partial charge in [-0.3, -0.25) is 9.10 Å². The van der Waals surface area contributed by atoms with E-state index in [0.717, 1.165) is 16.3 Å². The lowest BCUT2D eigenvalue weighted by Crippen LogP contribution is -2.40. The third kappa shape index (κ3) is 3.50. The topological polar surface area (TPSA) is 66.5 Å². The Morgan fingerprint density at radius 1 is 1.00 bits per heavy atom. The number of rotatable bonds is 4. The van der Waals surface area contributed by atoms with E-state index in [9.17, 15) is 13.2 Å². The fraction of sp³-hybridized carbons (Fsp3) is 0.136. The highest BCUT2D eigenvalue weighted by molar-refractivity contribution is 7.93. The zero-order valence-electron chi connectivity index (χ0n) is 15.7. The van der Waals surface area contributed by atoms with Crippen LogP contribution < -0.4 is 9.62 Å². The van der Waals surface area contributed by atoms with Gasteiger partial charge in [-0.05, 0) is 42.3 Å². The molecule has 1 heterocycles. The molecule has 148 valence electrons. The Kier molecular flexibility index (Phi) is 5.06. The number of nitrogens with one attached hydrogen (secondary N) is 1. The molecule has 0 bridgehead atoms. The van der Waals surface area contributed by atoms with Gasteiger partial charge in [0.2, 0.25) is 5.91 Å². The minimum atomic E-state index is -3.88. The van der Waals surface area contributed by atoms with E-state index in [0.29, 0.717) is 27.5 Å². The molecule has 7 heteroatoms. The molecule has 0 unspecified atom stereocenters. The van der Waals surface area contributed by atoms with Crippen molar-refractivity contribution in [3.05, 3.63) is 77.3 Å². The summed E-state index contributed by atoms with van der Waals surface area (Å²) in [4.78, 5) is 12.9. The van der Waals surface area contributed by atoms with Crippen molar-refractivity contribution in [2.75, 3.05) is 16.2 Å². The van der Waals surface area contributed by atoms with Crippen LogP contribution in [-0.2, 0) is 21.2 Å². The molecular weight excluding hydrogens is 408 g/mol. The van der Waals surface area contributed by atoms with Gasteiger partial charge in [-0.15, -0.1) is 0 Å². The lowest BCUT2D eigenvalue weighted by Gasteiger charge is -2.31. The van der Waals surface area contributed by atoms with Crippen LogP contribution in [0.25, 0.3) is 11.1 Å². The molecule has 0 radical (unpaired) electrons. The second-order valence-electron chi connectivity index (χ2n) is 6.73. The smallest absolute Gasteiger partial charge is 0.265 e. The molecule has 3 aromatic rings. The highest BCUT2D eigenvalue weighted by Gasteiger charge is 2.36. The first-order valence-corrected chi connectivity index (χ1v) is 11.0. The quantitative estimate of drug-likeness (QED) is 0.656. The minimum Gasteiger partial charge on any atom is -0.324 e. The van der Waals surface area contributed by atoms with E-state index >= 15 is 0 Å². The van der Waals surface area contributed by atoms with Crippen LogP contribution in [0.5, 0.6) is 0 Å². The normalized spacial score (nSPS) is 14.1. The van der Waals surface area contributed by atoms with Crippen molar-refractivity contribution in [3.8, 4) is 11.1 Å². The van der Waals surface area contributed by atoms with Crippen molar-refractivity contribution < 1.29 is 13.2 Å². The Labute approximate surface area is 175 Å². The van der Waals surface area contributed by atoms with E-state index in [2.05, 4.69) is 5.32 Å². The molecule has 1 amide bonds. The highest BCUT2D eigenvalue weighted by Crippen LogP contribution is 2.43. The van der Waals surface area contributed by atoms with Gasteiger partial charge in [-0.25, -0.2) is 8.42 Å². The maximum atomic E-state index is 13.3. The fourth-order valence-corrected chi connectivity index (χ4v) is 5.37. The summed E-state index contributed by atoms with van der Waals surface area (Å²) in [5.74, 6) is -0.408. The molecule has 0 saturated heterocycles. The largest absolute Gasteiger partial charge is 0.324 e. The van der Waals surface area contributed by atoms with Crippen LogP contribution >= 0.6 is 11.6 Å². The number of aryl methyl sites for hydroxylation is 1. The first-order chi connectivity index (χ1) is 13.9. The van der Waals surface area contributed by atoms with E-state index in [-0.39, 0.29) is 11.4 Å². The molecule has 0 aromatic heterocycles. The lowest BCUT2D eigenvalue weighted by molar-refractivity contribution is -0.114. The monoisotopic (exact) mass is 426 g/mol. The molecule has 1 aliphatic heterocycles. The predicted octanol–water partition coefficient (Wildman–Crippen LogP) is 4.72. The zero-order chi connectivity index (χ0) is 20.6. The third-order valence-corrected chi connectivity index (χ3v) is 6.99. The van der Waals surface area contributed by atoms with Gasteiger partial charge in [0.25, 0.3) is 10.0 Å². The van der Waals surface area contributed by atoms with Crippen molar-refractivity contribution in [3.63, 3.8) is 0 Å². The number of carbonyl (C=O) groups is 1. The molecule has 29 heavy (non-hydrogen) atoms. The second kappa shape index (κ2) is 7.54. The van der Waals surface area contributed by atoms with Gasteiger partial charge in [0, 0.05) is 21.8 Å². The number of anilines is 2. The SMILES string of the molecule is CCc1ccccc1NC(=O)CN1c2ccc(Cl)cc2-c2ccccc2S1(=O)=O. The minimum absolute atomic E-state index is 0.163. The number of hydrogen-bond acceptors (Lipinski definition) is 3. The van der Waals surface area contributed by atoms with Crippen molar-refractivity contribution in [2.24, 2.45) is 0 Å². The first kappa shape index (κ1) is 19.5. The molecule has 3 aromatic carbocycles. The van der Waals surface area contributed by atoms with Crippen LogP contribution in [0.2, 0.25) is 5.02 Å². The number of carbonyl (C=O) groups excluding carboxylic acids is 1. The number of amides is 1. The second-order valence-corrected chi connectivity index (χ2v) is 9.00. The maximum Gasteiger partial charge on any atom is 0.265 e. The van der Waals surface area contributed by atoms with E-state index in [1.165, 1.54) is 0 Å². The summed E-state index contributed by atoms with van der Waals surface area (Å²) in [7, 11) is -3.88. The number of benzene rings is 3. The lowest BCUT2D eigenvalue weighted by atomic mass is 10.0. The molecule has 4 rings (SSSR count). The molecule has 0 spiro atoms. The number of para-hydroxylation sites is 1. The average Bonchev–Trinajstić information content (AvgIpc) is 2.72. The summed E-state index contributed by atoms with van der Waals surface area (Å²) < 4.78 is 27.7. The molecule has 0 fully saturated rings. The summed E-state index contributed by atoms with van der Waals surface area (Å²) >= 11 is 6.16. The Balaban J connectivity index is 1.73. The summed E-state index contributed by atoms with van der Waals surface area (Å²) in [6.45, 7) is 1.67. The molecular formula is C22H19ClN2O3S. The third-order valence-electron chi connectivity index (χ3n) is 4.93. The first-order valence-electron chi connectivity index (χ1n) is 9.21. The van der Waals surface area contributed by atoms with E-state index in [1.807, 2.05) is 31.2 Å². The standard InChI is InChI=1S/C22H19ClN2O3S/c1-2-15-7-3-5-9-19(15)24-22(26)14-25-20-12-11-16(23)13-18(20)17-8-4-6-10-21(17)29(25,27)28/h3-13H,2,14H2,1H3,(H,24,26). The van der Waals surface area contributed by atoms with Crippen LogP contribution in [0, 0.1) is 0 Å². The number of fused-ring (bicyclic) bond motifs is 3. The summed E-state index contributed by atoms with van der Waals surface area (Å²) in [5, 5.41) is 3.34. The van der Waals surface area contributed by atoms with E-state index in [1.54, 1.807) is 42.5 Å². The van der Waals surface area contributed by atoms with E-state index in [4.69, 9.17) is 11.6 Å². The molecule has 5 nitrogen and oxygen atoms in total. The zero-order valence-corrected chi connectivity index (χ0v) is 17.3. The summed E-state index contributed by atoms with van der Waals surface area (Å²) in [5.41, 5.74) is 3.38. The van der Waals surface area contributed by atoms with Gasteiger partial charge < -0.3 is 5.32 Å². The Hall–Kier alpha value is -2.83. The van der Waals surface area contributed by atoms with Crippen molar-refractivity contribution >= 4 is 38.9 Å². The Bertz CT molecular complexity index is 1210. The van der Waals surface area contributed by atoms with Crippen LogP contribution in [0.4, 0.5) is 11.4 Å². The van der Waals surface area contributed by atoms with Gasteiger partial charge in [-0.1, -0.05) is 54.9 Å². The number of sulfonamides is 1. The number of hydrogen-bond donors (Lipinski definition) is 1. The maximum absolute atomic E-state index is 13.3. The average molecular weight is 427 g/mol. The van der Waals surface area contributed by atoms with Crippen LogP contribution in [-0.4, -0.2) is 20.9 Å². The number of halogens is 1. The highest BCUT2D eigenvalue weighted by atomic mass is 35.5. The van der Waals surface area contributed by atoms with Crippen LogP contribution in [0.3, 0.4) is 0 Å². The molecule has 1 N–H and O–H groups in total. The molecule has 0 atom stereocenters. The van der Waals surface area contributed by atoms with Crippen molar-refractivity contribution in [1.82, 2.24) is 0 Å². The summed E-state index contributed by atoms with van der Waals surface area (Å²) in [6, 6.07) is 19.2. The fourth-order valence-electron chi connectivity index (χ4n) is 3.54. The van der Waals surface area contributed by atoms with Gasteiger partial charge in [0.1, 0.15) is 6.54 Å². The number of nitrogens with zero attached hydrogens (tertiary/aromatic N) is 1. The van der Waals surface area contributed by atoms with Crippen molar-refractivity contribution in [2.45, 2.75) is 18.2 Å². The van der Waals surface area contributed by atoms with Crippen LogP contribution in [0.15, 0.2) is 71.6 Å². The molecule has 0 saturated carbocycles. The van der Waals surface area contributed by atoms with Gasteiger partial charge in [0.05, 0.1) is 10.6 Å². The van der Waals surface area contributed by atoms with Gasteiger partial charge in [-0.2, -0.15) is 0 Å². The Morgan fingerprint density at radius 2 is 1.72 bits per heavy atom. The predicted molar refractivity (Wildman–Crippen MR) is 116 cm³/mol. The Morgan fingerprint density at radius 3 is 2.52 bits per heavy atom. The summed E-state index contributed by atoms with van der Waals surface area (Å²) in [6.07, 6.45) is 0.757.